The van der Waals surface area contributed by atoms with Gasteiger partial charge in [-0.2, -0.15) is 0 Å². The molecule has 2 aliphatic heterocycles. The Morgan fingerprint density at radius 2 is 1.50 bits per heavy atom. The fraction of sp³-hybridized carbons (Fsp3) is 0.333. The molecule has 0 radical (unpaired) electrons. The van der Waals surface area contributed by atoms with Gasteiger partial charge in [0.05, 0.1) is 19.3 Å². The van der Waals surface area contributed by atoms with E-state index in [9.17, 15) is 19.2 Å². The van der Waals surface area contributed by atoms with Crippen molar-refractivity contribution in [3.63, 3.8) is 0 Å². The molecule has 0 bridgehead atoms. The van der Waals surface area contributed by atoms with Crippen LogP contribution >= 0.6 is 0 Å². The number of para-hydroxylation sites is 1. The summed E-state index contributed by atoms with van der Waals surface area (Å²) in [5.41, 5.74) is 3.66. The maximum Gasteiger partial charge on any atom is 0.415 e. The van der Waals surface area contributed by atoms with Gasteiger partial charge in [0.2, 0.25) is 11.8 Å². The number of anilines is 1. The lowest BCUT2D eigenvalue weighted by atomic mass is 9.89. The molecule has 0 unspecified atom stereocenters. The third-order valence-electron chi connectivity index (χ3n) is 9.05. The van der Waals surface area contributed by atoms with Crippen LogP contribution in [0.1, 0.15) is 43.0 Å². The molecular weight excluding hydrogens is 606 g/mol. The van der Waals surface area contributed by atoms with E-state index in [1.807, 2.05) is 91.0 Å². The lowest BCUT2D eigenvalue weighted by Crippen LogP contribution is -2.56. The number of esters is 1. The Hall–Kier alpha value is -5.18. The molecule has 6 rings (SSSR count). The standard InChI is InChI=1S/C39H41N3O6/c1-39(2,3)48-38(46)42-32-17-11-9-15-29(32)23-33(42)36(44)40(21-20-26-12-6-5-7-13-26)25-35(43)41-24-31-28(22-34(41)37(45)47-4)19-18-27-14-8-10-16-30(27)31/h5-19,33-34H,20-25H2,1-4H3/t33-,34-/m1/s1. The molecule has 0 saturated carbocycles. The highest BCUT2D eigenvalue weighted by Crippen LogP contribution is 2.35. The van der Waals surface area contributed by atoms with Gasteiger partial charge in [-0.3, -0.25) is 14.5 Å². The van der Waals surface area contributed by atoms with Crippen LogP contribution in [0.2, 0.25) is 0 Å². The van der Waals surface area contributed by atoms with Gasteiger partial charge >= 0.3 is 12.1 Å². The quantitative estimate of drug-likeness (QED) is 0.239. The number of hydrogen-bond acceptors (Lipinski definition) is 6. The summed E-state index contributed by atoms with van der Waals surface area (Å²) in [5.74, 6) is -1.24. The van der Waals surface area contributed by atoms with Gasteiger partial charge in [0.1, 0.15) is 17.7 Å². The van der Waals surface area contributed by atoms with Gasteiger partial charge in [-0.05, 0) is 66.3 Å². The van der Waals surface area contributed by atoms with Crippen LogP contribution < -0.4 is 4.90 Å². The van der Waals surface area contributed by atoms with Crippen LogP contribution in [0.4, 0.5) is 10.5 Å². The number of ether oxygens (including phenoxy) is 2. The smallest absolute Gasteiger partial charge is 0.415 e. The van der Waals surface area contributed by atoms with Gasteiger partial charge in [0, 0.05) is 25.9 Å². The van der Waals surface area contributed by atoms with Crippen LogP contribution in [-0.4, -0.2) is 71.6 Å². The molecule has 248 valence electrons. The normalized spacial score (nSPS) is 17.0. The molecule has 4 aromatic carbocycles. The van der Waals surface area contributed by atoms with E-state index in [1.165, 1.54) is 16.9 Å². The molecule has 2 atom stereocenters. The largest absolute Gasteiger partial charge is 0.467 e. The van der Waals surface area contributed by atoms with Crippen molar-refractivity contribution in [1.82, 2.24) is 9.80 Å². The summed E-state index contributed by atoms with van der Waals surface area (Å²) in [6, 6.07) is 27.4. The Labute approximate surface area is 281 Å². The van der Waals surface area contributed by atoms with Crippen LogP contribution in [0.5, 0.6) is 0 Å². The predicted octanol–water partition coefficient (Wildman–Crippen LogP) is 5.70. The fourth-order valence-electron chi connectivity index (χ4n) is 6.73. The van der Waals surface area contributed by atoms with Crippen LogP contribution in [0.15, 0.2) is 91.0 Å². The van der Waals surface area contributed by atoms with Crippen molar-refractivity contribution in [1.29, 1.82) is 0 Å². The van der Waals surface area contributed by atoms with Crippen molar-refractivity contribution in [2.75, 3.05) is 25.1 Å². The molecule has 9 heteroatoms. The molecule has 0 fully saturated rings. The Balaban J connectivity index is 1.33. The van der Waals surface area contributed by atoms with E-state index >= 15 is 0 Å². The Kier molecular flexibility index (Phi) is 9.22. The zero-order valence-corrected chi connectivity index (χ0v) is 27.8. The third-order valence-corrected chi connectivity index (χ3v) is 9.05. The molecule has 0 spiro atoms. The monoisotopic (exact) mass is 647 g/mol. The first-order valence-corrected chi connectivity index (χ1v) is 16.3. The molecule has 2 aliphatic rings. The number of hydrogen-bond donors (Lipinski definition) is 0. The molecule has 0 saturated heterocycles. The van der Waals surface area contributed by atoms with Crippen LogP contribution in [0, 0.1) is 0 Å². The summed E-state index contributed by atoms with van der Waals surface area (Å²) in [5, 5.41) is 2.06. The van der Waals surface area contributed by atoms with E-state index in [2.05, 4.69) is 0 Å². The van der Waals surface area contributed by atoms with E-state index in [0.29, 0.717) is 18.5 Å². The second kappa shape index (κ2) is 13.5. The predicted molar refractivity (Wildman–Crippen MR) is 183 cm³/mol. The van der Waals surface area contributed by atoms with E-state index in [1.54, 1.807) is 25.7 Å². The Bertz CT molecular complexity index is 1850. The lowest BCUT2D eigenvalue weighted by Gasteiger charge is -2.38. The number of amides is 3. The maximum absolute atomic E-state index is 14.6. The zero-order chi connectivity index (χ0) is 34.0. The number of carbonyl (C=O) groups excluding carboxylic acids is 4. The molecule has 3 amide bonds. The molecule has 0 N–H and O–H groups in total. The number of rotatable bonds is 7. The number of methoxy groups -OCH3 is 1. The summed E-state index contributed by atoms with van der Waals surface area (Å²) < 4.78 is 10.9. The minimum Gasteiger partial charge on any atom is -0.467 e. The number of benzene rings is 4. The van der Waals surface area contributed by atoms with Gasteiger partial charge in [-0.1, -0.05) is 84.9 Å². The summed E-state index contributed by atoms with van der Waals surface area (Å²) in [6.45, 7) is 5.52. The molecular formula is C39H41N3O6. The topological polar surface area (TPSA) is 96.5 Å². The van der Waals surface area contributed by atoms with Crippen molar-refractivity contribution >= 4 is 40.3 Å². The third kappa shape index (κ3) is 6.76. The number of carbonyl (C=O) groups is 4. The average Bonchev–Trinajstić information content (AvgIpc) is 3.48. The summed E-state index contributed by atoms with van der Waals surface area (Å²) in [7, 11) is 1.32. The second-order valence-corrected chi connectivity index (χ2v) is 13.4. The fourth-order valence-corrected chi connectivity index (χ4v) is 6.73. The molecule has 48 heavy (non-hydrogen) atoms. The van der Waals surface area contributed by atoms with Gasteiger partial charge in [0.25, 0.3) is 0 Å². The highest BCUT2D eigenvalue weighted by molar-refractivity contribution is 6.01. The maximum atomic E-state index is 14.6. The SMILES string of the molecule is COC(=O)[C@H]1Cc2ccc3ccccc3c2CN1C(=O)CN(CCc1ccccc1)C(=O)[C@H]1Cc2ccccc2N1C(=O)OC(C)(C)C. The van der Waals surface area contributed by atoms with E-state index in [4.69, 9.17) is 9.47 Å². The van der Waals surface area contributed by atoms with Crippen molar-refractivity contribution in [2.24, 2.45) is 0 Å². The highest BCUT2D eigenvalue weighted by Gasteiger charge is 2.43. The minimum atomic E-state index is -0.900. The zero-order valence-electron chi connectivity index (χ0n) is 27.8. The minimum absolute atomic E-state index is 0.203. The number of nitrogens with zero attached hydrogens (tertiary/aromatic N) is 3. The summed E-state index contributed by atoms with van der Waals surface area (Å²) in [4.78, 5) is 60.1. The van der Waals surface area contributed by atoms with Crippen molar-refractivity contribution < 1.29 is 28.7 Å². The number of fused-ring (bicyclic) bond motifs is 4. The van der Waals surface area contributed by atoms with Gasteiger partial charge < -0.3 is 19.3 Å². The van der Waals surface area contributed by atoms with Gasteiger partial charge in [-0.15, -0.1) is 0 Å². The van der Waals surface area contributed by atoms with E-state index in [-0.39, 0.29) is 37.9 Å². The average molecular weight is 648 g/mol. The lowest BCUT2D eigenvalue weighted by molar-refractivity contribution is -0.155. The first kappa shape index (κ1) is 32.7. The highest BCUT2D eigenvalue weighted by atomic mass is 16.6. The molecule has 2 heterocycles. The molecule has 0 aromatic heterocycles. The van der Waals surface area contributed by atoms with Crippen LogP contribution in [-0.2, 0) is 49.7 Å². The first-order chi connectivity index (χ1) is 23.0. The van der Waals surface area contributed by atoms with Crippen molar-refractivity contribution in [3.05, 3.63) is 113 Å². The second-order valence-electron chi connectivity index (χ2n) is 13.4. The summed E-state index contributed by atoms with van der Waals surface area (Å²) >= 11 is 0. The Morgan fingerprint density at radius 3 is 2.25 bits per heavy atom. The van der Waals surface area contributed by atoms with E-state index in [0.717, 1.165) is 33.0 Å². The first-order valence-electron chi connectivity index (χ1n) is 16.3. The van der Waals surface area contributed by atoms with Crippen LogP contribution in [0.25, 0.3) is 10.8 Å². The van der Waals surface area contributed by atoms with Crippen molar-refractivity contribution in [3.8, 4) is 0 Å². The summed E-state index contributed by atoms with van der Waals surface area (Å²) in [6.07, 6.45) is 0.476. The van der Waals surface area contributed by atoms with Crippen molar-refractivity contribution in [2.45, 2.75) is 64.3 Å². The van der Waals surface area contributed by atoms with Gasteiger partial charge in [-0.25, -0.2) is 9.59 Å². The van der Waals surface area contributed by atoms with Gasteiger partial charge in [0.15, 0.2) is 0 Å². The van der Waals surface area contributed by atoms with Crippen LogP contribution in [0.3, 0.4) is 0 Å². The molecule has 0 aliphatic carbocycles. The Morgan fingerprint density at radius 1 is 0.812 bits per heavy atom. The van der Waals surface area contributed by atoms with E-state index < -0.39 is 29.7 Å². The molecule has 4 aromatic rings. The molecule has 9 nitrogen and oxygen atoms in total.